The van der Waals surface area contributed by atoms with E-state index in [9.17, 15) is 9.18 Å². The molecule has 0 saturated carbocycles. The molecule has 1 aromatic carbocycles. The number of halogens is 2. The lowest BCUT2D eigenvalue weighted by Gasteiger charge is -2.11. The predicted molar refractivity (Wildman–Crippen MR) is 78.1 cm³/mol. The Labute approximate surface area is 123 Å². The van der Waals surface area contributed by atoms with Crippen molar-refractivity contribution in [2.24, 2.45) is 0 Å². The fourth-order valence-corrected chi connectivity index (χ4v) is 2.12. The number of rotatable bonds is 3. The summed E-state index contributed by atoms with van der Waals surface area (Å²) >= 11 is 3.13. The van der Waals surface area contributed by atoms with E-state index >= 15 is 0 Å². The molecule has 4 nitrogen and oxygen atoms in total. The Hall–Kier alpha value is -1.95. The normalized spacial score (nSPS) is 10.4. The van der Waals surface area contributed by atoms with Crippen LogP contribution in [0, 0.1) is 19.7 Å². The lowest BCUT2D eigenvalue weighted by Crippen LogP contribution is -2.04. The highest BCUT2D eigenvalue weighted by Crippen LogP contribution is 2.26. The van der Waals surface area contributed by atoms with Crippen LogP contribution in [0.5, 0.6) is 0 Å². The SMILES string of the molecule is Cc1cc(F)c(Br)cc1Nc1ccc(C(=O)O)c(C)n1. The molecule has 0 radical (unpaired) electrons. The summed E-state index contributed by atoms with van der Waals surface area (Å²) in [7, 11) is 0. The Bertz CT molecular complexity index is 689. The Kier molecular flexibility index (Phi) is 4.04. The number of aromatic carboxylic acids is 1. The third kappa shape index (κ3) is 2.96. The van der Waals surface area contributed by atoms with Crippen molar-refractivity contribution in [2.45, 2.75) is 13.8 Å². The van der Waals surface area contributed by atoms with E-state index in [1.165, 1.54) is 12.1 Å². The summed E-state index contributed by atoms with van der Waals surface area (Å²) in [5.41, 5.74) is 2.01. The van der Waals surface area contributed by atoms with Crippen LogP contribution in [-0.4, -0.2) is 16.1 Å². The second kappa shape index (κ2) is 5.58. The van der Waals surface area contributed by atoms with Gasteiger partial charge in [-0.3, -0.25) is 0 Å². The maximum Gasteiger partial charge on any atom is 0.337 e. The van der Waals surface area contributed by atoms with Gasteiger partial charge in [0.2, 0.25) is 0 Å². The molecule has 0 spiro atoms. The van der Waals surface area contributed by atoms with Gasteiger partial charge in [0.15, 0.2) is 0 Å². The molecule has 0 unspecified atom stereocenters. The zero-order valence-corrected chi connectivity index (χ0v) is 12.5. The van der Waals surface area contributed by atoms with Crippen molar-refractivity contribution in [3.05, 3.63) is 51.4 Å². The molecule has 0 fully saturated rings. The lowest BCUT2D eigenvalue weighted by atomic mass is 10.2. The van der Waals surface area contributed by atoms with Crippen LogP contribution in [0.15, 0.2) is 28.7 Å². The number of carbonyl (C=O) groups is 1. The molecule has 6 heteroatoms. The highest BCUT2D eigenvalue weighted by molar-refractivity contribution is 9.10. The average molecular weight is 339 g/mol. The van der Waals surface area contributed by atoms with Gasteiger partial charge < -0.3 is 10.4 Å². The van der Waals surface area contributed by atoms with E-state index < -0.39 is 5.97 Å². The van der Waals surface area contributed by atoms with Gasteiger partial charge in [0.1, 0.15) is 11.6 Å². The summed E-state index contributed by atoms with van der Waals surface area (Å²) in [6.45, 7) is 3.40. The highest BCUT2D eigenvalue weighted by Gasteiger charge is 2.10. The number of carboxylic acid groups (broad SMARTS) is 1. The molecule has 0 bridgehead atoms. The number of carboxylic acids is 1. The van der Waals surface area contributed by atoms with Gasteiger partial charge >= 0.3 is 5.97 Å². The van der Waals surface area contributed by atoms with Crippen molar-refractivity contribution in [3.8, 4) is 0 Å². The van der Waals surface area contributed by atoms with Crippen LogP contribution >= 0.6 is 15.9 Å². The summed E-state index contributed by atoms with van der Waals surface area (Å²) in [5, 5.41) is 12.0. The smallest absolute Gasteiger partial charge is 0.337 e. The number of aryl methyl sites for hydroxylation is 2. The topological polar surface area (TPSA) is 62.2 Å². The van der Waals surface area contributed by atoms with Crippen molar-refractivity contribution in [1.29, 1.82) is 0 Å². The van der Waals surface area contributed by atoms with Crippen LogP contribution in [0.4, 0.5) is 15.9 Å². The summed E-state index contributed by atoms with van der Waals surface area (Å²) in [4.78, 5) is 15.1. The molecule has 0 amide bonds. The number of anilines is 2. The first-order valence-electron chi connectivity index (χ1n) is 5.82. The third-order valence-corrected chi connectivity index (χ3v) is 3.45. The molecule has 2 N–H and O–H groups in total. The highest BCUT2D eigenvalue weighted by atomic mass is 79.9. The lowest BCUT2D eigenvalue weighted by molar-refractivity contribution is 0.0695. The fourth-order valence-electron chi connectivity index (χ4n) is 1.78. The molecular weight excluding hydrogens is 327 g/mol. The van der Waals surface area contributed by atoms with Crippen LogP contribution in [0.2, 0.25) is 0 Å². The summed E-state index contributed by atoms with van der Waals surface area (Å²) in [6, 6.07) is 6.09. The van der Waals surface area contributed by atoms with Crippen LogP contribution < -0.4 is 5.32 Å². The van der Waals surface area contributed by atoms with Gasteiger partial charge in [-0.15, -0.1) is 0 Å². The van der Waals surface area contributed by atoms with Crippen molar-refractivity contribution >= 4 is 33.4 Å². The number of hydrogen-bond donors (Lipinski definition) is 2. The molecule has 104 valence electrons. The number of aromatic nitrogens is 1. The van der Waals surface area contributed by atoms with Crippen LogP contribution in [0.3, 0.4) is 0 Å². The second-order valence-corrected chi connectivity index (χ2v) is 5.20. The van der Waals surface area contributed by atoms with Gasteiger partial charge in [-0.05, 0) is 59.6 Å². The average Bonchev–Trinajstić information content (AvgIpc) is 2.35. The van der Waals surface area contributed by atoms with Crippen LogP contribution in [0.1, 0.15) is 21.6 Å². The summed E-state index contributed by atoms with van der Waals surface area (Å²) in [5.74, 6) is -0.838. The van der Waals surface area contributed by atoms with Crippen molar-refractivity contribution in [3.63, 3.8) is 0 Å². The van der Waals surface area contributed by atoms with Crippen LogP contribution in [0.25, 0.3) is 0 Å². The molecule has 1 aromatic heterocycles. The molecule has 20 heavy (non-hydrogen) atoms. The quantitative estimate of drug-likeness (QED) is 0.886. The second-order valence-electron chi connectivity index (χ2n) is 4.34. The first-order valence-corrected chi connectivity index (χ1v) is 6.61. The van der Waals surface area contributed by atoms with Gasteiger partial charge in [-0.25, -0.2) is 14.2 Å². The van der Waals surface area contributed by atoms with Crippen molar-refractivity contribution < 1.29 is 14.3 Å². The molecule has 0 aliphatic heterocycles. The maximum atomic E-state index is 13.3. The van der Waals surface area contributed by atoms with E-state index in [1.54, 1.807) is 26.0 Å². The van der Waals surface area contributed by atoms with E-state index in [-0.39, 0.29) is 11.4 Å². The zero-order valence-electron chi connectivity index (χ0n) is 10.9. The number of hydrogen-bond acceptors (Lipinski definition) is 3. The molecule has 0 aliphatic carbocycles. The molecule has 2 rings (SSSR count). The zero-order chi connectivity index (χ0) is 14.9. The number of nitrogens with zero attached hydrogens (tertiary/aromatic N) is 1. The molecule has 1 heterocycles. The predicted octanol–water partition coefficient (Wildman–Crippen LogP) is 4.04. The van der Waals surface area contributed by atoms with Gasteiger partial charge in [0, 0.05) is 5.69 Å². The Morgan fingerprint density at radius 1 is 1.35 bits per heavy atom. The van der Waals surface area contributed by atoms with E-state index in [0.717, 1.165) is 5.56 Å². The summed E-state index contributed by atoms with van der Waals surface area (Å²) in [6.07, 6.45) is 0. The maximum absolute atomic E-state index is 13.3. The number of nitrogens with one attached hydrogen (secondary N) is 1. The minimum atomic E-state index is -1.01. The van der Waals surface area contributed by atoms with Crippen molar-refractivity contribution in [1.82, 2.24) is 4.98 Å². The first-order chi connectivity index (χ1) is 9.38. The van der Waals surface area contributed by atoms with Gasteiger partial charge in [0.25, 0.3) is 0 Å². The van der Waals surface area contributed by atoms with Crippen LogP contribution in [-0.2, 0) is 0 Å². The Morgan fingerprint density at radius 2 is 2.05 bits per heavy atom. The van der Waals surface area contributed by atoms with Gasteiger partial charge in [0.05, 0.1) is 15.7 Å². The first kappa shape index (κ1) is 14.5. The summed E-state index contributed by atoms with van der Waals surface area (Å²) < 4.78 is 13.7. The Balaban J connectivity index is 2.33. The standard InChI is InChI=1S/C14H12BrFN2O2/c1-7-5-11(16)10(15)6-12(7)18-13-4-3-9(14(19)20)8(2)17-13/h3-6H,1-2H3,(H,17,18)(H,19,20). The molecule has 2 aromatic rings. The molecule has 0 atom stereocenters. The minimum absolute atomic E-state index is 0.160. The Morgan fingerprint density at radius 3 is 2.65 bits per heavy atom. The van der Waals surface area contributed by atoms with E-state index in [2.05, 4.69) is 26.2 Å². The molecular formula is C14H12BrFN2O2. The number of pyridine rings is 1. The van der Waals surface area contributed by atoms with Gasteiger partial charge in [-0.1, -0.05) is 0 Å². The minimum Gasteiger partial charge on any atom is -0.478 e. The van der Waals surface area contributed by atoms with Gasteiger partial charge in [-0.2, -0.15) is 0 Å². The van der Waals surface area contributed by atoms with E-state index in [1.807, 2.05) is 0 Å². The van der Waals surface area contributed by atoms with E-state index in [4.69, 9.17) is 5.11 Å². The molecule has 0 aliphatic rings. The fraction of sp³-hybridized carbons (Fsp3) is 0.143. The monoisotopic (exact) mass is 338 g/mol. The van der Waals surface area contributed by atoms with Crippen molar-refractivity contribution in [2.75, 3.05) is 5.32 Å². The molecule has 0 saturated heterocycles. The third-order valence-electron chi connectivity index (χ3n) is 2.85. The largest absolute Gasteiger partial charge is 0.478 e. The number of benzene rings is 1. The van der Waals surface area contributed by atoms with E-state index in [0.29, 0.717) is 21.7 Å².